The normalized spacial score (nSPS) is 11.5. The molecule has 9 heteroatoms. The van der Waals surface area contributed by atoms with Crippen LogP contribution in [0, 0.1) is 0 Å². The number of methoxy groups -OCH3 is 1. The summed E-state index contributed by atoms with van der Waals surface area (Å²) in [5.74, 6) is 0.224. The van der Waals surface area contributed by atoms with Gasteiger partial charge in [-0.3, -0.25) is 4.79 Å². The van der Waals surface area contributed by atoms with Crippen molar-refractivity contribution in [3.63, 3.8) is 0 Å². The van der Waals surface area contributed by atoms with Crippen molar-refractivity contribution >= 4 is 23.3 Å². The number of aromatic nitrogens is 3. The van der Waals surface area contributed by atoms with Gasteiger partial charge in [-0.05, 0) is 13.0 Å². The first kappa shape index (κ1) is 15.8. The van der Waals surface area contributed by atoms with Gasteiger partial charge in [-0.25, -0.2) is 19.7 Å². The minimum Gasteiger partial charge on any atom is -0.453 e. The fraction of sp³-hybridized carbons (Fsp3) is 0.308. The molecule has 1 unspecified atom stereocenters. The number of amides is 2. The van der Waals surface area contributed by atoms with E-state index in [2.05, 4.69) is 30.3 Å². The number of hydrogen-bond donors (Lipinski definition) is 2. The fourth-order valence-corrected chi connectivity index (χ4v) is 2.30. The van der Waals surface area contributed by atoms with Crippen LogP contribution in [-0.4, -0.2) is 40.1 Å². The van der Waals surface area contributed by atoms with Crippen LogP contribution in [0.2, 0.25) is 0 Å². The molecule has 0 saturated heterocycles. The van der Waals surface area contributed by atoms with Crippen molar-refractivity contribution < 1.29 is 14.3 Å². The third kappa shape index (κ3) is 4.22. The number of nitrogens with one attached hydrogen (secondary N) is 2. The number of thiazole rings is 1. The number of ether oxygens (including phenoxy) is 1. The lowest BCUT2D eigenvalue weighted by molar-refractivity contribution is -0.122. The molecule has 0 radical (unpaired) electrons. The van der Waals surface area contributed by atoms with Gasteiger partial charge in [0.1, 0.15) is 6.04 Å². The fourth-order valence-electron chi connectivity index (χ4n) is 1.53. The quantitative estimate of drug-likeness (QED) is 0.849. The molecule has 0 bridgehead atoms. The lowest BCUT2D eigenvalue weighted by atomic mass is 10.3. The number of alkyl carbamates (subject to hydrolysis) is 1. The number of carbonyl (C=O) groups excluding carboxylic acids is 2. The van der Waals surface area contributed by atoms with E-state index in [0.29, 0.717) is 16.5 Å². The molecule has 0 fully saturated rings. The number of rotatable bonds is 5. The maximum Gasteiger partial charge on any atom is 0.407 e. The van der Waals surface area contributed by atoms with Crippen molar-refractivity contribution in [2.45, 2.75) is 19.5 Å². The summed E-state index contributed by atoms with van der Waals surface area (Å²) in [7, 11) is 1.24. The highest BCUT2D eigenvalue weighted by Crippen LogP contribution is 2.19. The zero-order valence-electron chi connectivity index (χ0n) is 12.1. The Bertz CT molecular complexity index is 646. The predicted molar refractivity (Wildman–Crippen MR) is 80.0 cm³/mol. The van der Waals surface area contributed by atoms with Crippen LogP contribution < -0.4 is 10.6 Å². The molecule has 0 aliphatic carbocycles. The molecular weight excluding hydrogens is 306 g/mol. The van der Waals surface area contributed by atoms with Crippen LogP contribution in [0.4, 0.5) is 4.79 Å². The summed E-state index contributed by atoms with van der Waals surface area (Å²) in [6.07, 6.45) is 2.64. The second-order valence-corrected chi connectivity index (χ2v) is 5.15. The standard InChI is InChI=1S/C13H15N5O3S/c1-8(17-13(20)21-2)11(19)16-6-9-7-22-12(18-9)10-14-4-3-5-15-10/h3-5,7-8H,6H2,1-2H3,(H,16,19)(H,17,20). The average Bonchev–Trinajstić information content (AvgIpc) is 3.02. The van der Waals surface area contributed by atoms with E-state index in [-0.39, 0.29) is 12.5 Å². The molecule has 8 nitrogen and oxygen atoms in total. The second-order valence-electron chi connectivity index (χ2n) is 4.29. The highest BCUT2D eigenvalue weighted by molar-refractivity contribution is 7.13. The molecule has 2 aromatic heterocycles. The smallest absolute Gasteiger partial charge is 0.407 e. The second kappa shape index (κ2) is 7.46. The highest BCUT2D eigenvalue weighted by atomic mass is 32.1. The van der Waals surface area contributed by atoms with Crippen molar-refractivity contribution in [2.75, 3.05) is 7.11 Å². The van der Waals surface area contributed by atoms with Crippen LogP contribution in [0.15, 0.2) is 23.8 Å². The Hall–Kier alpha value is -2.55. The molecule has 2 N–H and O–H groups in total. The molecule has 2 amide bonds. The van der Waals surface area contributed by atoms with E-state index in [4.69, 9.17) is 0 Å². The number of nitrogens with zero attached hydrogens (tertiary/aromatic N) is 3. The van der Waals surface area contributed by atoms with Gasteiger partial charge in [0.25, 0.3) is 0 Å². The third-order valence-electron chi connectivity index (χ3n) is 2.67. The molecule has 0 aromatic carbocycles. The first-order chi connectivity index (χ1) is 10.6. The van der Waals surface area contributed by atoms with Gasteiger partial charge >= 0.3 is 6.09 Å². The zero-order chi connectivity index (χ0) is 15.9. The van der Waals surface area contributed by atoms with Gasteiger partial charge in [-0.2, -0.15) is 0 Å². The Labute approximate surface area is 131 Å². The van der Waals surface area contributed by atoms with E-state index in [9.17, 15) is 9.59 Å². The molecule has 0 saturated carbocycles. The van der Waals surface area contributed by atoms with Crippen LogP contribution in [-0.2, 0) is 16.1 Å². The maximum absolute atomic E-state index is 11.8. The topological polar surface area (TPSA) is 106 Å². The van der Waals surface area contributed by atoms with E-state index in [1.807, 2.05) is 5.38 Å². The van der Waals surface area contributed by atoms with Crippen LogP contribution in [0.3, 0.4) is 0 Å². The van der Waals surface area contributed by atoms with Crippen molar-refractivity contribution in [1.29, 1.82) is 0 Å². The summed E-state index contributed by atoms with van der Waals surface area (Å²) in [5, 5.41) is 7.58. The van der Waals surface area contributed by atoms with Gasteiger partial charge in [0.2, 0.25) is 5.91 Å². The zero-order valence-corrected chi connectivity index (χ0v) is 12.9. The predicted octanol–water partition coefficient (Wildman–Crippen LogP) is 0.961. The van der Waals surface area contributed by atoms with E-state index >= 15 is 0 Å². The summed E-state index contributed by atoms with van der Waals surface area (Å²) in [5.41, 5.74) is 0.700. The first-order valence-corrected chi connectivity index (χ1v) is 7.32. The number of hydrogen-bond acceptors (Lipinski definition) is 7. The lowest BCUT2D eigenvalue weighted by Crippen LogP contribution is -2.44. The van der Waals surface area contributed by atoms with Gasteiger partial charge in [0, 0.05) is 17.8 Å². The summed E-state index contributed by atoms with van der Waals surface area (Å²) in [6, 6.07) is 1.04. The van der Waals surface area contributed by atoms with E-state index in [1.165, 1.54) is 18.4 Å². The summed E-state index contributed by atoms with van der Waals surface area (Å²) < 4.78 is 4.43. The van der Waals surface area contributed by atoms with Crippen molar-refractivity contribution in [2.24, 2.45) is 0 Å². The largest absolute Gasteiger partial charge is 0.453 e. The van der Waals surface area contributed by atoms with Gasteiger partial charge in [-0.1, -0.05) is 0 Å². The summed E-state index contributed by atoms with van der Waals surface area (Å²) in [6.45, 7) is 1.83. The Morgan fingerprint density at radius 2 is 2.09 bits per heavy atom. The van der Waals surface area contributed by atoms with Crippen LogP contribution >= 0.6 is 11.3 Å². The van der Waals surface area contributed by atoms with E-state index in [0.717, 1.165) is 0 Å². The van der Waals surface area contributed by atoms with Gasteiger partial charge < -0.3 is 15.4 Å². The first-order valence-electron chi connectivity index (χ1n) is 6.44. The van der Waals surface area contributed by atoms with E-state index < -0.39 is 12.1 Å². The highest BCUT2D eigenvalue weighted by Gasteiger charge is 2.16. The van der Waals surface area contributed by atoms with Crippen LogP contribution in [0.5, 0.6) is 0 Å². The minimum atomic E-state index is -0.692. The Balaban J connectivity index is 1.88. The molecule has 1 atom stereocenters. The van der Waals surface area contributed by atoms with Gasteiger partial charge in [0.05, 0.1) is 19.3 Å². The van der Waals surface area contributed by atoms with E-state index in [1.54, 1.807) is 25.4 Å². The van der Waals surface area contributed by atoms with Crippen LogP contribution in [0.1, 0.15) is 12.6 Å². The molecular formula is C13H15N5O3S. The molecule has 2 aromatic rings. The molecule has 0 aliphatic heterocycles. The molecule has 2 rings (SSSR count). The Kier molecular flexibility index (Phi) is 5.37. The molecule has 0 aliphatic rings. The van der Waals surface area contributed by atoms with Crippen LogP contribution in [0.25, 0.3) is 10.8 Å². The minimum absolute atomic E-state index is 0.259. The maximum atomic E-state index is 11.8. The molecule has 116 valence electrons. The molecule has 0 spiro atoms. The number of carbonyl (C=O) groups is 2. The van der Waals surface area contributed by atoms with Crippen molar-refractivity contribution in [1.82, 2.24) is 25.6 Å². The lowest BCUT2D eigenvalue weighted by Gasteiger charge is -2.12. The Morgan fingerprint density at radius 3 is 2.77 bits per heavy atom. The van der Waals surface area contributed by atoms with Gasteiger partial charge in [-0.15, -0.1) is 11.3 Å². The SMILES string of the molecule is COC(=O)NC(C)C(=O)NCc1csc(-c2ncccn2)n1. The van der Waals surface area contributed by atoms with Gasteiger partial charge in [0.15, 0.2) is 10.8 Å². The van der Waals surface area contributed by atoms with Crippen molar-refractivity contribution in [3.8, 4) is 10.8 Å². The Morgan fingerprint density at radius 1 is 1.36 bits per heavy atom. The monoisotopic (exact) mass is 321 g/mol. The van der Waals surface area contributed by atoms with Crippen molar-refractivity contribution in [3.05, 3.63) is 29.5 Å². The summed E-state index contributed by atoms with van der Waals surface area (Å²) >= 11 is 1.40. The molecule has 22 heavy (non-hydrogen) atoms. The average molecular weight is 321 g/mol. The summed E-state index contributed by atoms with van der Waals surface area (Å²) in [4.78, 5) is 35.4. The molecule has 2 heterocycles. The third-order valence-corrected chi connectivity index (χ3v) is 3.55.